The van der Waals surface area contributed by atoms with Crippen molar-refractivity contribution >= 4 is 23.3 Å². The van der Waals surface area contributed by atoms with Gasteiger partial charge in [0.05, 0.1) is 12.1 Å². The predicted molar refractivity (Wildman–Crippen MR) is 97.1 cm³/mol. The lowest BCUT2D eigenvalue weighted by molar-refractivity contribution is -0.131. The molecule has 0 heterocycles. The quantitative estimate of drug-likeness (QED) is 0.521. The second kappa shape index (κ2) is 8.50. The van der Waals surface area contributed by atoms with Crippen molar-refractivity contribution in [3.05, 3.63) is 64.2 Å². The van der Waals surface area contributed by atoms with Gasteiger partial charge in [-0.25, -0.2) is 0 Å². The third kappa shape index (κ3) is 4.71. The third-order valence-corrected chi connectivity index (χ3v) is 4.02. The lowest BCUT2D eigenvalue weighted by atomic mass is 10.1. The largest absolute Gasteiger partial charge is 0.497 e. The highest BCUT2D eigenvalue weighted by atomic mass is 35.5. The van der Waals surface area contributed by atoms with Gasteiger partial charge in [0.1, 0.15) is 11.6 Å². The summed E-state index contributed by atoms with van der Waals surface area (Å²) < 4.78 is 10.4. The molecule has 0 radical (unpaired) electrons. The number of amidine groups is 1. The second-order valence-electron chi connectivity index (χ2n) is 5.33. The standard InChI is InChI=1S/C18H20ClN3O3/c1-24-13-7-8-14(15(19)9-13)16(25-2)18(23)22-10-11-3-5-12(6-4-11)17(20)21/h3-9,16H,10H2,1-2H3,(H3,20,21)(H,22,23). The van der Waals surface area contributed by atoms with Crippen LogP contribution in [-0.2, 0) is 16.1 Å². The normalized spacial score (nSPS) is 11.6. The van der Waals surface area contributed by atoms with Crippen LogP contribution in [0.1, 0.15) is 22.8 Å². The van der Waals surface area contributed by atoms with Gasteiger partial charge in [-0.2, -0.15) is 0 Å². The van der Waals surface area contributed by atoms with E-state index in [1.165, 1.54) is 7.11 Å². The smallest absolute Gasteiger partial charge is 0.254 e. The molecule has 4 N–H and O–H groups in total. The van der Waals surface area contributed by atoms with Crippen LogP contribution in [0.2, 0.25) is 5.02 Å². The van der Waals surface area contributed by atoms with Crippen LogP contribution in [0.3, 0.4) is 0 Å². The summed E-state index contributed by atoms with van der Waals surface area (Å²) in [6.07, 6.45) is -0.824. The van der Waals surface area contributed by atoms with E-state index in [4.69, 9.17) is 32.2 Å². The maximum absolute atomic E-state index is 12.4. The van der Waals surface area contributed by atoms with Gasteiger partial charge in [0, 0.05) is 24.8 Å². The number of hydrogen-bond donors (Lipinski definition) is 3. The monoisotopic (exact) mass is 361 g/mol. The number of nitrogen functional groups attached to an aromatic ring is 1. The number of halogens is 1. The van der Waals surface area contributed by atoms with Crippen molar-refractivity contribution < 1.29 is 14.3 Å². The molecule has 0 saturated carbocycles. The fourth-order valence-corrected chi connectivity index (χ4v) is 2.58. The summed E-state index contributed by atoms with van der Waals surface area (Å²) in [5.74, 6) is 0.309. The second-order valence-corrected chi connectivity index (χ2v) is 5.74. The highest BCUT2D eigenvalue weighted by molar-refractivity contribution is 6.31. The molecule has 1 amide bonds. The molecule has 2 aromatic rings. The molecule has 2 rings (SSSR count). The number of carbonyl (C=O) groups excluding carboxylic acids is 1. The van der Waals surface area contributed by atoms with Gasteiger partial charge < -0.3 is 20.5 Å². The van der Waals surface area contributed by atoms with E-state index in [2.05, 4.69) is 5.32 Å². The van der Waals surface area contributed by atoms with Gasteiger partial charge in [-0.1, -0.05) is 41.9 Å². The number of nitrogens with two attached hydrogens (primary N) is 1. The number of rotatable bonds is 7. The predicted octanol–water partition coefficient (Wildman–Crippen LogP) is 2.64. The minimum atomic E-state index is -0.824. The summed E-state index contributed by atoms with van der Waals surface area (Å²) in [5, 5.41) is 10.6. The Morgan fingerprint density at radius 3 is 2.44 bits per heavy atom. The number of hydrogen-bond acceptors (Lipinski definition) is 4. The fraction of sp³-hybridized carbons (Fsp3) is 0.222. The molecular formula is C18H20ClN3O3. The first-order valence-electron chi connectivity index (χ1n) is 7.53. The average molecular weight is 362 g/mol. The Kier molecular flexibility index (Phi) is 6.38. The van der Waals surface area contributed by atoms with E-state index >= 15 is 0 Å². The van der Waals surface area contributed by atoms with Gasteiger partial charge in [0.2, 0.25) is 0 Å². The van der Waals surface area contributed by atoms with Crippen LogP contribution in [0.4, 0.5) is 0 Å². The molecule has 0 saturated heterocycles. The molecular weight excluding hydrogens is 342 g/mol. The summed E-state index contributed by atoms with van der Waals surface area (Å²) in [6.45, 7) is 0.324. The van der Waals surface area contributed by atoms with Crippen molar-refractivity contribution in [1.29, 1.82) is 5.41 Å². The summed E-state index contributed by atoms with van der Waals surface area (Å²) in [5.41, 5.74) is 7.50. The Hall–Kier alpha value is -2.57. The highest BCUT2D eigenvalue weighted by Gasteiger charge is 2.22. The van der Waals surface area contributed by atoms with Crippen LogP contribution < -0.4 is 15.8 Å². The Balaban J connectivity index is 2.06. The third-order valence-electron chi connectivity index (χ3n) is 3.70. The van der Waals surface area contributed by atoms with Crippen molar-refractivity contribution in [3.8, 4) is 5.75 Å². The van der Waals surface area contributed by atoms with E-state index in [1.807, 2.05) is 0 Å². The average Bonchev–Trinajstić information content (AvgIpc) is 2.62. The first-order valence-corrected chi connectivity index (χ1v) is 7.91. The molecule has 132 valence electrons. The molecule has 1 unspecified atom stereocenters. The molecule has 0 spiro atoms. The van der Waals surface area contributed by atoms with E-state index in [0.29, 0.717) is 28.4 Å². The number of nitrogens with one attached hydrogen (secondary N) is 2. The van der Waals surface area contributed by atoms with Crippen LogP contribution in [0.25, 0.3) is 0 Å². The summed E-state index contributed by atoms with van der Waals surface area (Å²) in [7, 11) is 3.00. The van der Waals surface area contributed by atoms with Crippen molar-refractivity contribution in [3.63, 3.8) is 0 Å². The molecule has 0 aromatic heterocycles. The van der Waals surface area contributed by atoms with Crippen molar-refractivity contribution in [2.24, 2.45) is 5.73 Å². The van der Waals surface area contributed by atoms with Crippen molar-refractivity contribution in [2.45, 2.75) is 12.6 Å². The van der Waals surface area contributed by atoms with Gasteiger partial charge in [0.25, 0.3) is 5.91 Å². The SMILES string of the molecule is COc1ccc(C(OC)C(=O)NCc2ccc(C(=N)N)cc2)c(Cl)c1. The molecule has 0 fully saturated rings. The van der Waals surface area contributed by atoms with Crippen LogP contribution >= 0.6 is 11.6 Å². The van der Waals surface area contributed by atoms with Gasteiger partial charge in [0.15, 0.2) is 6.10 Å². The van der Waals surface area contributed by atoms with Gasteiger partial charge in [-0.05, 0) is 17.7 Å². The number of benzene rings is 2. The molecule has 25 heavy (non-hydrogen) atoms. The number of carbonyl (C=O) groups is 1. The van der Waals surface area contributed by atoms with Crippen molar-refractivity contribution in [2.75, 3.05) is 14.2 Å². The molecule has 0 aliphatic carbocycles. The molecule has 1 atom stereocenters. The van der Waals surface area contributed by atoms with Crippen molar-refractivity contribution in [1.82, 2.24) is 5.32 Å². The minimum Gasteiger partial charge on any atom is -0.497 e. The lowest BCUT2D eigenvalue weighted by Gasteiger charge is -2.17. The zero-order valence-electron chi connectivity index (χ0n) is 14.0. The number of methoxy groups -OCH3 is 2. The maximum atomic E-state index is 12.4. The van der Waals surface area contributed by atoms with E-state index in [0.717, 1.165) is 5.56 Å². The topological polar surface area (TPSA) is 97.4 Å². The molecule has 7 heteroatoms. The Labute approximate surface area is 151 Å². The molecule has 2 aromatic carbocycles. The molecule has 0 aliphatic rings. The lowest BCUT2D eigenvalue weighted by Crippen LogP contribution is -2.30. The molecule has 6 nitrogen and oxygen atoms in total. The highest BCUT2D eigenvalue weighted by Crippen LogP contribution is 2.29. The summed E-state index contributed by atoms with van der Waals surface area (Å²) in [4.78, 5) is 12.4. The summed E-state index contributed by atoms with van der Waals surface area (Å²) >= 11 is 6.22. The van der Waals surface area contributed by atoms with E-state index in [1.54, 1.807) is 49.6 Å². The van der Waals surface area contributed by atoms with Gasteiger partial charge >= 0.3 is 0 Å². The van der Waals surface area contributed by atoms with Gasteiger partial charge in [-0.15, -0.1) is 0 Å². The fourth-order valence-electron chi connectivity index (χ4n) is 2.31. The molecule has 0 bridgehead atoms. The minimum absolute atomic E-state index is 0.00387. The Bertz CT molecular complexity index is 763. The number of ether oxygens (including phenoxy) is 2. The maximum Gasteiger partial charge on any atom is 0.254 e. The van der Waals surface area contributed by atoms with Crippen LogP contribution in [-0.4, -0.2) is 26.0 Å². The Morgan fingerprint density at radius 2 is 1.92 bits per heavy atom. The Morgan fingerprint density at radius 1 is 1.24 bits per heavy atom. The first kappa shape index (κ1) is 18.8. The summed E-state index contributed by atoms with van der Waals surface area (Å²) in [6, 6.07) is 12.1. The van der Waals surface area contributed by atoms with E-state index < -0.39 is 6.10 Å². The van der Waals surface area contributed by atoms with E-state index in [-0.39, 0.29) is 11.7 Å². The number of amides is 1. The van der Waals surface area contributed by atoms with Crippen LogP contribution in [0.15, 0.2) is 42.5 Å². The first-order chi connectivity index (χ1) is 12.0. The van der Waals surface area contributed by atoms with Crippen LogP contribution in [0.5, 0.6) is 5.75 Å². The zero-order chi connectivity index (χ0) is 18.4. The van der Waals surface area contributed by atoms with Crippen LogP contribution in [0, 0.1) is 5.41 Å². The molecule has 0 aliphatic heterocycles. The van der Waals surface area contributed by atoms with Gasteiger partial charge in [-0.3, -0.25) is 10.2 Å². The van der Waals surface area contributed by atoms with E-state index in [9.17, 15) is 4.79 Å². The zero-order valence-corrected chi connectivity index (χ0v) is 14.8.